The highest BCUT2D eigenvalue weighted by Crippen LogP contribution is 2.31. The molecule has 0 unspecified atom stereocenters. The van der Waals surface area contributed by atoms with Gasteiger partial charge in [-0.1, -0.05) is 0 Å². The molecule has 29 heavy (non-hydrogen) atoms. The lowest BCUT2D eigenvalue weighted by Gasteiger charge is -2.08. The number of methoxy groups -OCH3 is 1. The molecule has 0 fully saturated rings. The first-order chi connectivity index (χ1) is 14.1. The van der Waals surface area contributed by atoms with Crippen LogP contribution >= 0.6 is 0 Å². The molecule has 0 amide bonds. The summed E-state index contributed by atoms with van der Waals surface area (Å²) in [6.07, 6.45) is 6.94. The van der Waals surface area contributed by atoms with E-state index in [1.165, 1.54) is 6.33 Å². The Morgan fingerprint density at radius 1 is 1.07 bits per heavy atom. The molecule has 144 valence electrons. The monoisotopic (exact) mass is 386 g/mol. The summed E-state index contributed by atoms with van der Waals surface area (Å²) in [4.78, 5) is 22.1. The zero-order valence-electron chi connectivity index (χ0n) is 16.2. The van der Waals surface area contributed by atoms with Crippen LogP contribution in [0.25, 0.3) is 27.8 Å². The number of rotatable bonds is 4. The molecule has 5 aromatic rings. The Hall–Kier alpha value is -3.88. The van der Waals surface area contributed by atoms with E-state index in [0.29, 0.717) is 18.1 Å². The van der Waals surface area contributed by atoms with Crippen LogP contribution in [0.5, 0.6) is 5.88 Å². The summed E-state index contributed by atoms with van der Waals surface area (Å²) in [6.45, 7) is 4.45. The summed E-state index contributed by atoms with van der Waals surface area (Å²) in [5.41, 5.74) is 5.24. The minimum Gasteiger partial charge on any atom is -0.479 e. The SMILES string of the molecule is COc1ncnn2ccc(-c3cnc4nc(C)n(Cc5ccnc(C)n5)c4c3)c12. The largest absolute Gasteiger partial charge is 0.479 e. The van der Waals surface area contributed by atoms with Gasteiger partial charge in [-0.25, -0.2) is 24.5 Å². The van der Waals surface area contributed by atoms with Crippen LogP contribution < -0.4 is 4.74 Å². The van der Waals surface area contributed by atoms with Gasteiger partial charge in [-0.15, -0.1) is 0 Å². The lowest BCUT2D eigenvalue weighted by molar-refractivity contribution is 0.399. The van der Waals surface area contributed by atoms with Gasteiger partial charge in [-0.3, -0.25) is 0 Å². The standard InChI is InChI=1S/C20H18N8O/c1-12-21-6-4-15(25-12)10-27-13(2)26-19-17(27)8-14(9-22-19)16-5-7-28-18(16)20(29-3)23-11-24-28/h4-9,11H,10H2,1-3H3. The van der Waals surface area contributed by atoms with Gasteiger partial charge in [0.15, 0.2) is 5.65 Å². The van der Waals surface area contributed by atoms with Gasteiger partial charge in [0.2, 0.25) is 5.88 Å². The lowest BCUT2D eigenvalue weighted by atomic mass is 10.1. The van der Waals surface area contributed by atoms with Crippen LogP contribution in [0.15, 0.2) is 43.1 Å². The maximum Gasteiger partial charge on any atom is 0.241 e. The van der Waals surface area contributed by atoms with Gasteiger partial charge in [-0.2, -0.15) is 10.1 Å². The molecule has 0 atom stereocenters. The molecule has 5 heterocycles. The first-order valence-corrected chi connectivity index (χ1v) is 9.12. The topological polar surface area (TPSA) is 95.9 Å². The Morgan fingerprint density at radius 2 is 1.97 bits per heavy atom. The second-order valence-corrected chi connectivity index (χ2v) is 6.70. The molecule has 9 heteroatoms. The summed E-state index contributed by atoms with van der Waals surface area (Å²) in [7, 11) is 1.60. The molecule has 0 aromatic carbocycles. The number of aryl methyl sites for hydroxylation is 2. The molecule has 0 saturated carbocycles. The molecule has 9 nitrogen and oxygen atoms in total. The second kappa shape index (κ2) is 6.62. The average molecular weight is 386 g/mol. The molecule has 0 aliphatic rings. The van der Waals surface area contributed by atoms with E-state index in [1.54, 1.807) is 17.8 Å². The molecule has 0 aliphatic carbocycles. The second-order valence-electron chi connectivity index (χ2n) is 6.70. The van der Waals surface area contributed by atoms with Crippen LogP contribution in [0.3, 0.4) is 0 Å². The van der Waals surface area contributed by atoms with E-state index in [1.807, 2.05) is 38.4 Å². The van der Waals surface area contributed by atoms with E-state index in [9.17, 15) is 0 Å². The predicted octanol–water partition coefficient (Wildman–Crippen LogP) is 2.60. The zero-order valence-corrected chi connectivity index (χ0v) is 16.2. The highest BCUT2D eigenvalue weighted by atomic mass is 16.5. The summed E-state index contributed by atoms with van der Waals surface area (Å²) in [5.74, 6) is 2.14. The van der Waals surface area contributed by atoms with Gasteiger partial charge in [0.05, 0.1) is 24.9 Å². The number of pyridine rings is 1. The van der Waals surface area contributed by atoms with E-state index >= 15 is 0 Å². The quantitative estimate of drug-likeness (QED) is 0.468. The molecule has 5 aromatic heterocycles. The molecule has 0 radical (unpaired) electrons. The number of hydrogen-bond acceptors (Lipinski definition) is 7. The molecule has 5 rings (SSSR count). The Labute approximate surface area is 166 Å². The number of ether oxygens (including phenoxy) is 1. The average Bonchev–Trinajstić information content (AvgIpc) is 3.29. The fourth-order valence-electron chi connectivity index (χ4n) is 3.53. The maximum atomic E-state index is 5.43. The van der Waals surface area contributed by atoms with Crippen LogP contribution in [0.2, 0.25) is 0 Å². The van der Waals surface area contributed by atoms with Crippen LogP contribution in [0.1, 0.15) is 17.3 Å². The zero-order chi connectivity index (χ0) is 20.0. The lowest BCUT2D eigenvalue weighted by Crippen LogP contribution is -2.05. The Morgan fingerprint density at radius 3 is 2.79 bits per heavy atom. The van der Waals surface area contributed by atoms with Crippen molar-refractivity contribution in [1.82, 2.24) is 39.1 Å². The minimum atomic E-state index is 0.515. The van der Waals surface area contributed by atoms with Crippen molar-refractivity contribution in [3.8, 4) is 17.0 Å². The third-order valence-electron chi connectivity index (χ3n) is 4.87. The number of nitrogens with zero attached hydrogens (tertiary/aromatic N) is 8. The van der Waals surface area contributed by atoms with Crippen molar-refractivity contribution in [1.29, 1.82) is 0 Å². The number of hydrogen-bond donors (Lipinski definition) is 0. The van der Waals surface area contributed by atoms with Crippen LogP contribution in [-0.4, -0.2) is 46.2 Å². The Bertz CT molecular complexity index is 1350. The van der Waals surface area contributed by atoms with Crippen molar-refractivity contribution in [3.05, 3.63) is 60.5 Å². The molecule has 0 saturated heterocycles. The first-order valence-electron chi connectivity index (χ1n) is 9.12. The van der Waals surface area contributed by atoms with Crippen molar-refractivity contribution < 1.29 is 4.74 Å². The fourth-order valence-corrected chi connectivity index (χ4v) is 3.53. The van der Waals surface area contributed by atoms with Gasteiger partial charge in [-0.05, 0) is 32.0 Å². The normalized spacial score (nSPS) is 11.4. The Kier molecular flexibility index (Phi) is 3.94. The molecular formula is C20H18N8O. The number of fused-ring (bicyclic) bond motifs is 2. The third kappa shape index (κ3) is 2.87. The summed E-state index contributed by atoms with van der Waals surface area (Å²) < 4.78 is 9.29. The highest BCUT2D eigenvalue weighted by Gasteiger charge is 2.16. The van der Waals surface area contributed by atoms with Gasteiger partial charge in [0.25, 0.3) is 0 Å². The summed E-state index contributed by atoms with van der Waals surface area (Å²) in [5, 5.41) is 4.26. The van der Waals surface area contributed by atoms with E-state index in [2.05, 4.69) is 40.7 Å². The molecule has 0 spiro atoms. The smallest absolute Gasteiger partial charge is 0.241 e. The van der Waals surface area contributed by atoms with E-state index in [0.717, 1.165) is 39.5 Å². The number of aromatic nitrogens is 8. The van der Waals surface area contributed by atoms with E-state index in [4.69, 9.17) is 4.74 Å². The van der Waals surface area contributed by atoms with Gasteiger partial charge >= 0.3 is 0 Å². The van der Waals surface area contributed by atoms with Crippen molar-refractivity contribution in [3.63, 3.8) is 0 Å². The molecule has 0 N–H and O–H groups in total. The van der Waals surface area contributed by atoms with Crippen molar-refractivity contribution in [2.45, 2.75) is 20.4 Å². The van der Waals surface area contributed by atoms with Crippen molar-refractivity contribution >= 4 is 16.7 Å². The summed E-state index contributed by atoms with van der Waals surface area (Å²) >= 11 is 0. The van der Waals surface area contributed by atoms with Crippen LogP contribution in [0, 0.1) is 13.8 Å². The fraction of sp³-hybridized carbons (Fsp3) is 0.200. The van der Waals surface area contributed by atoms with Crippen LogP contribution in [-0.2, 0) is 6.54 Å². The van der Waals surface area contributed by atoms with E-state index < -0.39 is 0 Å². The van der Waals surface area contributed by atoms with Gasteiger partial charge < -0.3 is 9.30 Å². The minimum absolute atomic E-state index is 0.515. The van der Waals surface area contributed by atoms with Gasteiger partial charge in [0.1, 0.15) is 23.5 Å². The third-order valence-corrected chi connectivity index (χ3v) is 4.87. The summed E-state index contributed by atoms with van der Waals surface area (Å²) in [6, 6.07) is 5.98. The molecule has 0 aliphatic heterocycles. The Balaban J connectivity index is 1.66. The molecule has 0 bridgehead atoms. The maximum absolute atomic E-state index is 5.43. The number of imidazole rings is 1. The van der Waals surface area contributed by atoms with Crippen LogP contribution in [0.4, 0.5) is 0 Å². The highest BCUT2D eigenvalue weighted by molar-refractivity contribution is 5.87. The van der Waals surface area contributed by atoms with E-state index in [-0.39, 0.29) is 0 Å². The van der Waals surface area contributed by atoms with Gasteiger partial charge in [0, 0.05) is 29.7 Å². The molecular weight excluding hydrogens is 368 g/mol. The predicted molar refractivity (Wildman–Crippen MR) is 107 cm³/mol. The first kappa shape index (κ1) is 17.2. The van der Waals surface area contributed by atoms with Crippen molar-refractivity contribution in [2.75, 3.05) is 7.11 Å². The van der Waals surface area contributed by atoms with Crippen molar-refractivity contribution in [2.24, 2.45) is 0 Å².